The smallest absolute Gasteiger partial charge is 0.309 e. The zero-order chi connectivity index (χ0) is 8.32. The largest absolute Gasteiger partial charge is 0.481 e. The monoisotopic (exact) mass is 193 g/mol. The second-order valence-corrected chi connectivity index (χ2v) is 3.47. The SMILES string of the molecule is CC1(C(=O)O)CCCNCC1.Cl. The molecule has 0 radical (unpaired) electrons. The molecule has 1 aliphatic heterocycles. The molecule has 1 aliphatic rings. The number of nitrogens with one attached hydrogen (secondary N) is 1. The Labute approximate surface area is 78.9 Å². The average molecular weight is 194 g/mol. The van der Waals surface area contributed by atoms with Crippen LogP contribution in [0.4, 0.5) is 0 Å². The first-order chi connectivity index (χ1) is 5.15. The predicted molar refractivity (Wildman–Crippen MR) is 49.7 cm³/mol. The lowest BCUT2D eigenvalue weighted by molar-refractivity contribution is -0.148. The van der Waals surface area contributed by atoms with Gasteiger partial charge in [0.05, 0.1) is 5.41 Å². The molecule has 12 heavy (non-hydrogen) atoms. The van der Waals surface area contributed by atoms with Crippen LogP contribution < -0.4 is 5.32 Å². The van der Waals surface area contributed by atoms with Crippen molar-refractivity contribution >= 4 is 18.4 Å². The van der Waals surface area contributed by atoms with Crippen molar-refractivity contribution in [3.05, 3.63) is 0 Å². The molecule has 0 amide bonds. The lowest BCUT2D eigenvalue weighted by Crippen LogP contribution is -2.28. The third-order valence-corrected chi connectivity index (χ3v) is 2.45. The van der Waals surface area contributed by atoms with Gasteiger partial charge in [-0.2, -0.15) is 0 Å². The highest BCUT2D eigenvalue weighted by Gasteiger charge is 2.32. The first-order valence-corrected chi connectivity index (χ1v) is 4.09. The summed E-state index contributed by atoms with van der Waals surface area (Å²) in [5.41, 5.74) is -0.483. The van der Waals surface area contributed by atoms with E-state index < -0.39 is 11.4 Å². The first-order valence-electron chi connectivity index (χ1n) is 4.09. The number of halogens is 1. The highest BCUT2D eigenvalue weighted by molar-refractivity contribution is 5.85. The summed E-state index contributed by atoms with van der Waals surface area (Å²) in [6, 6.07) is 0. The van der Waals surface area contributed by atoms with E-state index in [9.17, 15) is 4.79 Å². The third-order valence-electron chi connectivity index (χ3n) is 2.45. The van der Waals surface area contributed by atoms with Crippen LogP contribution in [0.25, 0.3) is 0 Å². The van der Waals surface area contributed by atoms with Gasteiger partial charge >= 0.3 is 5.97 Å². The van der Waals surface area contributed by atoms with Crippen molar-refractivity contribution in [2.75, 3.05) is 13.1 Å². The standard InChI is InChI=1S/C8H15NO2.ClH/c1-8(7(10)11)3-2-5-9-6-4-8;/h9H,2-6H2,1H3,(H,10,11);1H. The summed E-state index contributed by atoms with van der Waals surface area (Å²) in [6.07, 6.45) is 2.53. The highest BCUT2D eigenvalue weighted by Crippen LogP contribution is 2.28. The highest BCUT2D eigenvalue weighted by atomic mass is 35.5. The molecule has 1 heterocycles. The van der Waals surface area contributed by atoms with Crippen LogP contribution in [0.3, 0.4) is 0 Å². The van der Waals surface area contributed by atoms with Crippen LogP contribution >= 0.6 is 12.4 Å². The summed E-state index contributed by atoms with van der Waals surface area (Å²) in [5, 5.41) is 12.1. The molecule has 1 saturated heterocycles. The first kappa shape index (κ1) is 11.7. The maximum atomic E-state index is 10.8. The molecule has 4 heteroatoms. The molecule has 1 fully saturated rings. The van der Waals surface area contributed by atoms with Gasteiger partial charge in [-0.15, -0.1) is 12.4 Å². The lowest BCUT2D eigenvalue weighted by Gasteiger charge is -2.21. The van der Waals surface area contributed by atoms with E-state index in [-0.39, 0.29) is 12.4 Å². The van der Waals surface area contributed by atoms with Gasteiger partial charge in [-0.25, -0.2) is 0 Å². The van der Waals surface area contributed by atoms with Crippen LogP contribution in [0, 0.1) is 5.41 Å². The van der Waals surface area contributed by atoms with E-state index in [1.165, 1.54) is 0 Å². The fraction of sp³-hybridized carbons (Fsp3) is 0.875. The Hall–Kier alpha value is -0.280. The van der Waals surface area contributed by atoms with Crippen LogP contribution in [0.5, 0.6) is 0 Å². The molecule has 0 aliphatic carbocycles. The van der Waals surface area contributed by atoms with E-state index in [1.807, 2.05) is 6.92 Å². The molecule has 0 bridgehead atoms. The van der Waals surface area contributed by atoms with E-state index in [4.69, 9.17) is 5.11 Å². The minimum atomic E-state index is -0.652. The fourth-order valence-corrected chi connectivity index (χ4v) is 1.43. The number of carboxylic acid groups (broad SMARTS) is 1. The Morgan fingerprint density at radius 3 is 2.67 bits per heavy atom. The normalized spacial score (nSPS) is 30.1. The van der Waals surface area contributed by atoms with Gasteiger partial charge in [0.2, 0.25) is 0 Å². The summed E-state index contributed by atoms with van der Waals surface area (Å²) < 4.78 is 0. The third kappa shape index (κ3) is 2.64. The molecule has 3 nitrogen and oxygen atoms in total. The lowest BCUT2D eigenvalue weighted by atomic mass is 9.83. The molecule has 72 valence electrons. The average Bonchev–Trinajstić information content (AvgIpc) is 2.15. The van der Waals surface area contributed by atoms with Crippen molar-refractivity contribution in [1.82, 2.24) is 5.32 Å². The summed E-state index contributed by atoms with van der Waals surface area (Å²) >= 11 is 0. The summed E-state index contributed by atoms with van der Waals surface area (Å²) in [5.74, 6) is -0.652. The number of aliphatic carboxylic acids is 1. The van der Waals surface area contributed by atoms with Gasteiger partial charge in [-0.1, -0.05) is 0 Å². The Morgan fingerprint density at radius 1 is 1.42 bits per heavy atom. The molecule has 0 aromatic heterocycles. The number of carboxylic acids is 1. The predicted octanol–water partition coefficient (Wildman–Crippen LogP) is 1.27. The summed E-state index contributed by atoms with van der Waals surface area (Å²) in [4.78, 5) is 10.8. The van der Waals surface area contributed by atoms with E-state index >= 15 is 0 Å². The zero-order valence-corrected chi connectivity index (χ0v) is 8.12. The second-order valence-electron chi connectivity index (χ2n) is 3.47. The number of hydrogen-bond acceptors (Lipinski definition) is 2. The van der Waals surface area contributed by atoms with Crippen LogP contribution in [0.1, 0.15) is 26.2 Å². The molecular formula is C8H16ClNO2. The van der Waals surface area contributed by atoms with Crippen LogP contribution in [-0.4, -0.2) is 24.2 Å². The van der Waals surface area contributed by atoms with Crippen LogP contribution in [0.2, 0.25) is 0 Å². The number of rotatable bonds is 1. The Kier molecular flexibility index (Phi) is 4.57. The van der Waals surface area contributed by atoms with E-state index in [1.54, 1.807) is 0 Å². The van der Waals surface area contributed by atoms with Crippen molar-refractivity contribution in [2.24, 2.45) is 5.41 Å². The van der Waals surface area contributed by atoms with Gasteiger partial charge < -0.3 is 10.4 Å². The molecule has 1 rings (SSSR count). The molecule has 0 saturated carbocycles. The molecule has 2 N–H and O–H groups in total. The van der Waals surface area contributed by atoms with Crippen molar-refractivity contribution in [1.29, 1.82) is 0 Å². The Balaban J connectivity index is 0.00000121. The summed E-state index contributed by atoms with van der Waals surface area (Å²) in [7, 11) is 0. The van der Waals surface area contributed by atoms with Crippen molar-refractivity contribution in [3.8, 4) is 0 Å². The van der Waals surface area contributed by atoms with Gasteiger partial charge in [0.1, 0.15) is 0 Å². The van der Waals surface area contributed by atoms with Gasteiger partial charge in [-0.05, 0) is 39.3 Å². The van der Waals surface area contributed by atoms with Gasteiger partial charge in [0.25, 0.3) is 0 Å². The number of carbonyl (C=O) groups is 1. The van der Waals surface area contributed by atoms with Gasteiger partial charge in [0, 0.05) is 0 Å². The molecule has 0 aromatic rings. The van der Waals surface area contributed by atoms with E-state index in [0.29, 0.717) is 0 Å². The Bertz CT molecular complexity index is 153. The van der Waals surface area contributed by atoms with E-state index in [2.05, 4.69) is 5.32 Å². The van der Waals surface area contributed by atoms with Crippen LogP contribution in [0.15, 0.2) is 0 Å². The fourth-order valence-electron chi connectivity index (χ4n) is 1.43. The second kappa shape index (κ2) is 4.67. The number of hydrogen-bond donors (Lipinski definition) is 2. The topological polar surface area (TPSA) is 49.3 Å². The summed E-state index contributed by atoms with van der Waals surface area (Å²) in [6.45, 7) is 3.63. The van der Waals surface area contributed by atoms with Crippen LogP contribution in [-0.2, 0) is 4.79 Å². The maximum Gasteiger partial charge on any atom is 0.309 e. The molecular weight excluding hydrogens is 178 g/mol. The van der Waals surface area contributed by atoms with E-state index in [0.717, 1.165) is 32.4 Å². The van der Waals surface area contributed by atoms with Crippen molar-refractivity contribution in [3.63, 3.8) is 0 Å². The van der Waals surface area contributed by atoms with Gasteiger partial charge in [0.15, 0.2) is 0 Å². The zero-order valence-electron chi connectivity index (χ0n) is 7.30. The van der Waals surface area contributed by atoms with Crippen molar-refractivity contribution < 1.29 is 9.90 Å². The quantitative estimate of drug-likeness (QED) is 0.660. The molecule has 1 unspecified atom stereocenters. The maximum absolute atomic E-state index is 10.8. The van der Waals surface area contributed by atoms with Gasteiger partial charge in [-0.3, -0.25) is 4.79 Å². The Morgan fingerprint density at radius 2 is 2.08 bits per heavy atom. The van der Waals surface area contributed by atoms with Crippen molar-refractivity contribution in [2.45, 2.75) is 26.2 Å². The minimum Gasteiger partial charge on any atom is -0.481 e. The molecule has 0 aromatic carbocycles. The minimum absolute atomic E-state index is 0. The molecule has 0 spiro atoms. The molecule has 1 atom stereocenters.